The van der Waals surface area contributed by atoms with Gasteiger partial charge in [-0.25, -0.2) is 4.79 Å². The lowest BCUT2D eigenvalue weighted by Gasteiger charge is -2.28. The highest BCUT2D eigenvalue weighted by Gasteiger charge is 2.24. The van der Waals surface area contributed by atoms with Crippen LogP contribution in [0.3, 0.4) is 0 Å². The maximum atomic E-state index is 12.3. The number of nitrogens with one attached hydrogen (secondary N) is 1. The number of hydrogen-bond acceptors (Lipinski definition) is 6. The summed E-state index contributed by atoms with van der Waals surface area (Å²) >= 11 is 0. The topological polar surface area (TPSA) is 102 Å². The first-order valence-electron chi connectivity index (χ1n) is 10.0. The van der Waals surface area contributed by atoms with Gasteiger partial charge in [0.1, 0.15) is 5.69 Å². The summed E-state index contributed by atoms with van der Waals surface area (Å²) in [5.74, 6) is -1.22. The normalized spacial score (nSPS) is 14.6. The number of ether oxygens (including phenoxy) is 1. The Bertz CT molecular complexity index is 910. The van der Waals surface area contributed by atoms with Crippen molar-refractivity contribution in [3.63, 3.8) is 0 Å². The van der Waals surface area contributed by atoms with Gasteiger partial charge >= 0.3 is 5.97 Å². The third-order valence-corrected chi connectivity index (χ3v) is 5.12. The van der Waals surface area contributed by atoms with Crippen molar-refractivity contribution in [1.82, 2.24) is 5.32 Å². The smallest absolute Gasteiger partial charge is 0.338 e. The van der Waals surface area contributed by atoms with Crippen LogP contribution in [0.25, 0.3) is 0 Å². The maximum Gasteiger partial charge on any atom is 0.338 e. The molecule has 0 radical (unpaired) electrons. The van der Waals surface area contributed by atoms with E-state index in [0.29, 0.717) is 5.69 Å². The van der Waals surface area contributed by atoms with Crippen molar-refractivity contribution in [2.45, 2.75) is 32.2 Å². The summed E-state index contributed by atoms with van der Waals surface area (Å²) < 4.78 is 5.06. The zero-order valence-electron chi connectivity index (χ0n) is 16.9. The summed E-state index contributed by atoms with van der Waals surface area (Å²) in [6.45, 7) is 2.88. The Morgan fingerprint density at radius 2 is 1.83 bits per heavy atom. The van der Waals surface area contributed by atoms with Gasteiger partial charge < -0.3 is 15.0 Å². The van der Waals surface area contributed by atoms with Gasteiger partial charge in [-0.2, -0.15) is 0 Å². The second-order valence-electron chi connectivity index (χ2n) is 7.28. The summed E-state index contributed by atoms with van der Waals surface area (Å²) in [5, 5.41) is 14.3. The number of benzene rings is 2. The van der Waals surface area contributed by atoms with Gasteiger partial charge in [-0.1, -0.05) is 30.3 Å². The molecule has 0 unspecified atom stereocenters. The number of anilines is 1. The van der Waals surface area contributed by atoms with Crippen LogP contribution in [-0.2, 0) is 9.53 Å². The third kappa shape index (κ3) is 5.34. The first kappa shape index (κ1) is 21.3. The number of piperidine rings is 1. The van der Waals surface area contributed by atoms with Crippen LogP contribution in [0.5, 0.6) is 0 Å². The van der Waals surface area contributed by atoms with Gasteiger partial charge in [0, 0.05) is 19.2 Å². The molecule has 2 aromatic rings. The second kappa shape index (κ2) is 9.87. The summed E-state index contributed by atoms with van der Waals surface area (Å²) in [7, 11) is 0. The molecule has 0 bridgehead atoms. The molecule has 1 aliphatic rings. The molecule has 8 nitrogen and oxygen atoms in total. The zero-order valence-corrected chi connectivity index (χ0v) is 16.9. The highest BCUT2D eigenvalue weighted by Crippen LogP contribution is 2.31. The zero-order chi connectivity index (χ0) is 21.5. The van der Waals surface area contributed by atoms with Crippen molar-refractivity contribution < 1.29 is 19.2 Å². The first-order chi connectivity index (χ1) is 14.5. The first-order valence-corrected chi connectivity index (χ1v) is 10.0. The molecule has 158 valence electrons. The van der Waals surface area contributed by atoms with Crippen molar-refractivity contribution in [2.75, 3.05) is 24.6 Å². The fourth-order valence-corrected chi connectivity index (χ4v) is 3.52. The lowest BCUT2D eigenvalue weighted by molar-refractivity contribution is -0.384. The summed E-state index contributed by atoms with van der Waals surface area (Å²) in [6, 6.07) is 13.5. The summed E-state index contributed by atoms with van der Waals surface area (Å²) in [5.41, 5.74) is 1.35. The van der Waals surface area contributed by atoms with Gasteiger partial charge in [0.05, 0.1) is 16.5 Å². The monoisotopic (exact) mass is 411 g/mol. The van der Waals surface area contributed by atoms with Gasteiger partial charge in [0.15, 0.2) is 6.61 Å². The average Bonchev–Trinajstić information content (AvgIpc) is 2.78. The van der Waals surface area contributed by atoms with Crippen LogP contribution in [0.4, 0.5) is 11.4 Å². The van der Waals surface area contributed by atoms with Gasteiger partial charge in [-0.15, -0.1) is 0 Å². The number of esters is 1. The Morgan fingerprint density at radius 3 is 2.50 bits per heavy atom. The lowest BCUT2D eigenvalue weighted by atomic mass is 10.1. The molecule has 0 spiro atoms. The predicted molar refractivity (Wildman–Crippen MR) is 112 cm³/mol. The number of nitrogens with zero attached hydrogens (tertiary/aromatic N) is 2. The molecule has 1 N–H and O–H groups in total. The number of hydrogen-bond donors (Lipinski definition) is 1. The number of nitro groups is 1. The highest BCUT2D eigenvalue weighted by atomic mass is 16.6. The van der Waals surface area contributed by atoms with E-state index >= 15 is 0 Å². The number of carbonyl (C=O) groups is 2. The molecule has 0 aromatic heterocycles. The summed E-state index contributed by atoms with van der Waals surface area (Å²) in [4.78, 5) is 37.4. The van der Waals surface area contributed by atoms with Crippen LogP contribution >= 0.6 is 0 Å². The second-order valence-corrected chi connectivity index (χ2v) is 7.28. The molecule has 2 aromatic carbocycles. The third-order valence-electron chi connectivity index (χ3n) is 5.12. The van der Waals surface area contributed by atoms with Crippen molar-refractivity contribution in [1.29, 1.82) is 0 Å². The molecule has 30 heavy (non-hydrogen) atoms. The fourth-order valence-electron chi connectivity index (χ4n) is 3.52. The van der Waals surface area contributed by atoms with Crippen LogP contribution in [0.1, 0.15) is 48.1 Å². The standard InChI is InChI=1S/C22H25N3O5/c1-16(17-8-4-2-5-9-17)23-21(26)15-30-22(27)18-10-11-19(20(14-18)25(28)29)24-12-6-3-7-13-24/h2,4-5,8-11,14,16H,3,6-7,12-13,15H2,1H3,(H,23,26)/t16-/m1/s1. The molecule has 1 fully saturated rings. The van der Waals surface area contributed by atoms with Gasteiger partial charge in [-0.3, -0.25) is 14.9 Å². The predicted octanol–water partition coefficient (Wildman–Crippen LogP) is 3.62. The Hall–Kier alpha value is -3.42. The van der Waals surface area contributed by atoms with Crippen molar-refractivity contribution >= 4 is 23.3 Å². The number of rotatable bonds is 7. The quantitative estimate of drug-likeness (QED) is 0.424. The summed E-state index contributed by atoms with van der Waals surface area (Å²) in [6.07, 6.45) is 3.08. The van der Waals surface area contributed by atoms with Crippen molar-refractivity contribution in [3.8, 4) is 0 Å². The minimum Gasteiger partial charge on any atom is -0.452 e. The average molecular weight is 411 g/mol. The van der Waals surface area contributed by atoms with Crippen LogP contribution < -0.4 is 10.2 Å². The molecule has 1 atom stereocenters. The molecule has 0 aliphatic carbocycles. The van der Waals surface area contributed by atoms with E-state index in [1.165, 1.54) is 12.1 Å². The van der Waals surface area contributed by atoms with Crippen LogP contribution in [0, 0.1) is 10.1 Å². The Labute approximate surface area is 175 Å². The molecular weight excluding hydrogens is 386 g/mol. The molecule has 1 heterocycles. The van der Waals surface area contributed by atoms with Crippen LogP contribution in [0.15, 0.2) is 48.5 Å². The van der Waals surface area contributed by atoms with E-state index in [2.05, 4.69) is 5.32 Å². The molecule has 0 saturated carbocycles. The largest absolute Gasteiger partial charge is 0.452 e. The molecular formula is C22H25N3O5. The Kier molecular flexibility index (Phi) is 7.00. The van der Waals surface area contributed by atoms with Crippen molar-refractivity contribution in [3.05, 3.63) is 69.8 Å². The van der Waals surface area contributed by atoms with Crippen LogP contribution in [-0.4, -0.2) is 36.5 Å². The number of amides is 1. The van der Waals surface area contributed by atoms with E-state index in [1.54, 1.807) is 6.07 Å². The van der Waals surface area contributed by atoms with E-state index in [-0.39, 0.29) is 17.3 Å². The van der Waals surface area contributed by atoms with Gasteiger partial charge in [-0.05, 0) is 43.9 Å². The number of nitro benzene ring substituents is 1. The minimum absolute atomic E-state index is 0.0476. The fraction of sp³-hybridized carbons (Fsp3) is 0.364. The van der Waals surface area contributed by atoms with E-state index in [9.17, 15) is 19.7 Å². The van der Waals surface area contributed by atoms with E-state index in [1.807, 2.05) is 42.2 Å². The van der Waals surface area contributed by atoms with Gasteiger partial charge in [0.2, 0.25) is 0 Å². The molecule has 1 saturated heterocycles. The van der Waals surface area contributed by atoms with E-state index in [0.717, 1.165) is 37.9 Å². The minimum atomic E-state index is -0.772. The molecule has 1 aliphatic heterocycles. The highest BCUT2D eigenvalue weighted by molar-refractivity contribution is 5.93. The Balaban J connectivity index is 1.61. The SMILES string of the molecule is C[C@@H](NC(=O)COC(=O)c1ccc(N2CCCCC2)c([N+](=O)[O-])c1)c1ccccc1. The van der Waals surface area contributed by atoms with E-state index < -0.39 is 23.4 Å². The Morgan fingerprint density at radius 1 is 1.13 bits per heavy atom. The van der Waals surface area contributed by atoms with Gasteiger partial charge in [0.25, 0.3) is 11.6 Å². The van der Waals surface area contributed by atoms with Crippen LogP contribution in [0.2, 0.25) is 0 Å². The molecule has 8 heteroatoms. The van der Waals surface area contributed by atoms with Crippen molar-refractivity contribution in [2.24, 2.45) is 0 Å². The molecule has 3 rings (SSSR count). The molecule has 1 amide bonds. The van der Waals surface area contributed by atoms with E-state index in [4.69, 9.17) is 4.74 Å². The maximum absolute atomic E-state index is 12.3. The lowest BCUT2D eigenvalue weighted by Crippen LogP contribution is -2.31. The number of carbonyl (C=O) groups excluding carboxylic acids is 2.